The maximum Gasteiger partial charge on any atom is 0.170 e. The summed E-state index contributed by atoms with van der Waals surface area (Å²) < 4.78 is 30.0. The van der Waals surface area contributed by atoms with Crippen molar-refractivity contribution < 1.29 is 23.4 Å². The Hall–Kier alpha value is -1.46. The van der Waals surface area contributed by atoms with Gasteiger partial charge in [-0.3, -0.25) is 4.79 Å². The highest BCUT2D eigenvalue weighted by Gasteiger charge is 2.41. The Bertz CT molecular complexity index is 526. The fourth-order valence-corrected chi connectivity index (χ4v) is 2.43. The third kappa shape index (κ3) is 2.35. The molecule has 102 valence electrons. The number of ketones is 1. The molecule has 0 radical (unpaired) electrons. The molecule has 3 rings (SSSR count). The van der Waals surface area contributed by atoms with Gasteiger partial charge >= 0.3 is 0 Å². The number of benzene rings is 1. The Labute approximate surface area is 110 Å². The average Bonchev–Trinajstić information content (AvgIpc) is 2.70. The molecular weight excluding hydrogens is 251 g/mol. The Kier molecular flexibility index (Phi) is 2.83. The van der Waals surface area contributed by atoms with Gasteiger partial charge in [0.1, 0.15) is 23.8 Å². The van der Waals surface area contributed by atoms with E-state index in [9.17, 15) is 9.18 Å². The van der Waals surface area contributed by atoms with Gasteiger partial charge in [0.2, 0.25) is 0 Å². The monoisotopic (exact) mass is 266 g/mol. The smallest absolute Gasteiger partial charge is 0.170 e. The number of fused-ring (bicyclic) bond motifs is 1. The lowest BCUT2D eigenvalue weighted by Gasteiger charge is -2.29. The summed E-state index contributed by atoms with van der Waals surface area (Å²) >= 11 is 0. The van der Waals surface area contributed by atoms with Crippen molar-refractivity contribution in [2.24, 2.45) is 0 Å². The van der Waals surface area contributed by atoms with Crippen LogP contribution >= 0.6 is 0 Å². The van der Waals surface area contributed by atoms with Crippen molar-refractivity contribution in [1.82, 2.24) is 0 Å². The van der Waals surface area contributed by atoms with E-state index in [1.54, 1.807) is 0 Å². The van der Waals surface area contributed by atoms with Crippen LogP contribution in [0.25, 0.3) is 0 Å². The van der Waals surface area contributed by atoms with Gasteiger partial charge in [0.25, 0.3) is 0 Å². The Morgan fingerprint density at radius 2 is 2.11 bits per heavy atom. The Morgan fingerprint density at radius 3 is 2.79 bits per heavy atom. The van der Waals surface area contributed by atoms with Gasteiger partial charge in [0.05, 0.1) is 18.6 Å². The minimum absolute atomic E-state index is 0.126. The van der Waals surface area contributed by atoms with Crippen molar-refractivity contribution in [2.45, 2.75) is 38.3 Å². The molecule has 0 aromatic heterocycles. The highest BCUT2D eigenvalue weighted by molar-refractivity contribution is 5.99. The van der Waals surface area contributed by atoms with E-state index in [1.165, 1.54) is 18.2 Å². The van der Waals surface area contributed by atoms with Crippen molar-refractivity contribution in [3.05, 3.63) is 29.6 Å². The van der Waals surface area contributed by atoms with Gasteiger partial charge in [-0.1, -0.05) is 0 Å². The van der Waals surface area contributed by atoms with E-state index >= 15 is 0 Å². The predicted molar refractivity (Wildman–Crippen MR) is 64.7 cm³/mol. The van der Waals surface area contributed by atoms with Gasteiger partial charge in [-0.25, -0.2) is 4.39 Å². The molecule has 0 unspecified atom stereocenters. The molecule has 0 bridgehead atoms. The fourth-order valence-electron chi connectivity index (χ4n) is 2.43. The molecule has 2 heterocycles. The van der Waals surface area contributed by atoms with E-state index < -0.39 is 11.6 Å². The first-order chi connectivity index (χ1) is 8.94. The molecule has 2 atom stereocenters. The molecule has 0 amide bonds. The molecule has 2 aliphatic rings. The molecule has 0 N–H and O–H groups in total. The largest absolute Gasteiger partial charge is 0.486 e. The lowest BCUT2D eigenvalue weighted by atomic mass is 9.98. The van der Waals surface area contributed by atoms with Crippen LogP contribution in [0, 0.1) is 5.82 Å². The van der Waals surface area contributed by atoms with Crippen LogP contribution in [0.3, 0.4) is 0 Å². The Morgan fingerprint density at radius 1 is 1.32 bits per heavy atom. The van der Waals surface area contributed by atoms with Crippen LogP contribution in [0.2, 0.25) is 0 Å². The van der Waals surface area contributed by atoms with Crippen molar-refractivity contribution >= 4 is 5.78 Å². The first-order valence-electron chi connectivity index (χ1n) is 6.26. The number of hydrogen-bond donors (Lipinski definition) is 0. The van der Waals surface area contributed by atoms with Gasteiger partial charge in [0, 0.05) is 0 Å². The molecular formula is C14H15FO4. The summed E-state index contributed by atoms with van der Waals surface area (Å²) in [5.74, 6) is -0.800. The number of rotatable bonds is 1. The topological polar surface area (TPSA) is 44.8 Å². The highest BCUT2D eigenvalue weighted by Crippen LogP contribution is 2.33. The fraction of sp³-hybridized carbons (Fsp3) is 0.500. The number of halogens is 1. The molecule has 1 aromatic rings. The van der Waals surface area contributed by atoms with Gasteiger partial charge in [-0.15, -0.1) is 0 Å². The number of carbonyl (C=O) groups is 1. The molecule has 0 spiro atoms. The van der Waals surface area contributed by atoms with E-state index in [1.807, 2.05) is 13.8 Å². The van der Waals surface area contributed by atoms with Crippen LogP contribution in [0.1, 0.15) is 30.6 Å². The Balaban J connectivity index is 1.82. The maximum atomic E-state index is 13.1. The molecule has 2 aliphatic heterocycles. The average molecular weight is 266 g/mol. The number of Topliss-reactive ketones (excluding diaryl/α,β-unsaturated/α-hetero) is 1. The molecule has 1 fully saturated rings. The van der Waals surface area contributed by atoms with Crippen molar-refractivity contribution in [2.75, 3.05) is 6.61 Å². The second kappa shape index (κ2) is 4.28. The molecule has 0 saturated carbocycles. The summed E-state index contributed by atoms with van der Waals surface area (Å²) in [4.78, 5) is 12.0. The van der Waals surface area contributed by atoms with E-state index in [4.69, 9.17) is 14.2 Å². The van der Waals surface area contributed by atoms with E-state index in [0.29, 0.717) is 17.9 Å². The minimum atomic E-state index is -0.653. The molecule has 0 aliphatic carbocycles. The van der Waals surface area contributed by atoms with Crippen LogP contribution in [0.15, 0.2) is 18.2 Å². The van der Waals surface area contributed by atoms with Gasteiger partial charge in [0.15, 0.2) is 11.6 Å². The maximum absolute atomic E-state index is 13.1. The molecule has 4 nitrogen and oxygen atoms in total. The standard InChI is InChI=1S/C14H15FO4/c1-14(2)17-7-13(19-14)12-6-10(16)9-5-8(15)3-4-11(9)18-12/h3-5,12-13H,6-7H2,1-2H3/t12-,13-/m0/s1. The van der Waals surface area contributed by atoms with Crippen LogP contribution in [0.4, 0.5) is 4.39 Å². The highest BCUT2D eigenvalue weighted by atomic mass is 19.1. The lowest BCUT2D eigenvalue weighted by molar-refractivity contribution is -0.149. The SMILES string of the molecule is CC1(C)OC[C@@H]([C@@H]2CC(=O)c3cc(F)ccc3O2)O1. The minimum Gasteiger partial charge on any atom is -0.486 e. The molecule has 1 saturated heterocycles. The van der Waals surface area contributed by atoms with Crippen LogP contribution < -0.4 is 4.74 Å². The second-order valence-electron chi connectivity index (χ2n) is 5.29. The van der Waals surface area contributed by atoms with E-state index in [0.717, 1.165) is 0 Å². The van der Waals surface area contributed by atoms with Crippen molar-refractivity contribution in [1.29, 1.82) is 0 Å². The van der Waals surface area contributed by atoms with Gasteiger partial charge in [-0.05, 0) is 32.0 Å². The second-order valence-corrected chi connectivity index (χ2v) is 5.29. The predicted octanol–water partition coefficient (Wildman–Crippen LogP) is 2.31. The van der Waals surface area contributed by atoms with Gasteiger partial charge < -0.3 is 14.2 Å². The first kappa shape index (κ1) is 12.6. The number of hydrogen-bond acceptors (Lipinski definition) is 4. The molecule has 1 aromatic carbocycles. The van der Waals surface area contributed by atoms with Crippen LogP contribution in [-0.4, -0.2) is 30.4 Å². The summed E-state index contributed by atoms with van der Waals surface area (Å²) in [6.07, 6.45) is -0.481. The van der Waals surface area contributed by atoms with Crippen LogP contribution in [-0.2, 0) is 9.47 Å². The normalized spacial score (nSPS) is 28.9. The summed E-state index contributed by atoms with van der Waals surface area (Å²) in [5.41, 5.74) is 0.300. The third-order valence-electron chi connectivity index (χ3n) is 3.35. The first-order valence-corrected chi connectivity index (χ1v) is 6.26. The number of carbonyl (C=O) groups excluding carboxylic acids is 1. The van der Waals surface area contributed by atoms with E-state index in [2.05, 4.69) is 0 Å². The summed E-state index contributed by atoms with van der Waals surface area (Å²) in [7, 11) is 0. The van der Waals surface area contributed by atoms with Gasteiger partial charge in [-0.2, -0.15) is 0 Å². The molecule has 19 heavy (non-hydrogen) atoms. The zero-order valence-electron chi connectivity index (χ0n) is 10.8. The zero-order chi connectivity index (χ0) is 13.6. The van der Waals surface area contributed by atoms with Crippen molar-refractivity contribution in [3.8, 4) is 5.75 Å². The summed E-state index contributed by atoms with van der Waals surface area (Å²) in [5, 5.41) is 0. The van der Waals surface area contributed by atoms with Crippen molar-refractivity contribution in [3.63, 3.8) is 0 Å². The quantitative estimate of drug-likeness (QED) is 0.782. The zero-order valence-corrected chi connectivity index (χ0v) is 10.8. The number of ether oxygens (including phenoxy) is 3. The lowest BCUT2D eigenvalue weighted by Crippen LogP contribution is -2.39. The summed E-state index contributed by atoms with van der Waals surface area (Å²) in [6, 6.07) is 3.98. The molecule has 5 heteroatoms. The third-order valence-corrected chi connectivity index (χ3v) is 3.35. The summed E-state index contributed by atoms with van der Waals surface area (Å²) in [6.45, 7) is 4.03. The van der Waals surface area contributed by atoms with Crippen LogP contribution in [0.5, 0.6) is 5.75 Å². The van der Waals surface area contributed by atoms with E-state index in [-0.39, 0.29) is 24.4 Å².